The van der Waals surface area contributed by atoms with Gasteiger partial charge in [-0.2, -0.15) is 5.90 Å². The third kappa shape index (κ3) is 6.43. The fourth-order valence-electron chi connectivity index (χ4n) is 0.0833. The molecule has 3 nitrogen and oxygen atoms in total. The molecule has 0 aliphatic heterocycles. The predicted molar refractivity (Wildman–Crippen MR) is 21.7 cm³/mol. The van der Waals surface area contributed by atoms with Gasteiger partial charge in [0.15, 0.2) is 0 Å². The molecule has 0 rings (SSSR count). The third-order valence-electron chi connectivity index (χ3n) is 0.420. The molecule has 0 heterocycles. The summed E-state index contributed by atoms with van der Waals surface area (Å²) in [7, 11) is 0. The maximum atomic E-state index is 9.83. The summed E-state index contributed by atoms with van der Waals surface area (Å²) in [6.07, 6.45) is 0.344. The van der Waals surface area contributed by atoms with Gasteiger partial charge in [-0.25, -0.2) is 0 Å². The van der Waals surface area contributed by atoms with Crippen molar-refractivity contribution >= 4 is 5.97 Å². The summed E-state index contributed by atoms with van der Waals surface area (Å²) in [5.74, 6) is 4.05. The van der Waals surface area contributed by atoms with Gasteiger partial charge in [0.2, 0.25) is 0 Å². The zero-order valence-corrected chi connectivity index (χ0v) is 6.60. The first kappa shape index (κ1) is 10.4. The molecule has 0 radical (unpaired) electrons. The van der Waals surface area contributed by atoms with Gasteiger partial charge in [-0.15, -0.1) is 0 Å². The van der Waals surface area contributed by atoms with E-state index in [0.29, 0.717) is 6.42 Å². The van der Waals surface area contributed by atoms with Crippen molar-refractivity contribution < 1.29 is 40.6 Å². The molecule has 0 aromatic heterocycles. The van der Waals surface area contributed by atoms with E-state index in [4.69, 9.17) is 0 Å². The van der Waals surface area contributed by atoms with Crippen molar-refractivity contribution in [3.63, 3.8) is 0 Å². The minimum atomic E-state index is -0.380. The van der Waals surface area contributed by atoms with Crippen molar-refractivity contribution in [3.05, 3.63) is 0 Å². The minimum Gasteiger partial charge on any atom is -1.00 e. The summed E-state index contributed by atoms with van der Waals surface area (Å²) in [5.41, 5.74) is 0. The number of nitrogens with two attached hydrogens (primary N) is 1. The predicted octanol–water partition coefficient (Wildman–Crippen LogP) is -3.07. The van der Waals surface area contributed by atoms with Crippen LogP contribution in [-0.2, 0) is 9.63 Å². The normalized spacial score (nSPS) is 6.57. The Morgan fingerprint density at radius 3 is 2.43 bits per heavy atom. The van der Waals surface area contributed by atoms with E-state index in [1.54, 1.807) is 6.92 Å². The topological polar surface area (TPSA) is 52.3 Å². The minimum absolute atomic E-state index is 0. The van der Waals surface area contributed by atoms with E-state index in [0.717, 1.165) is 0 Å². The molecule has 0 fully saturated rings. The largest absolute Gasteiger partial charge is 1.00 e. The Balaban J connectivity index is -0.000000125. The Morgan fingerprint density at radius 2 is 2.43 bits per heavy atom. The number of carbonyl (C=O) groups is 1. The molecule has 0 bridgehead atoms. The zero-order valence-electron chi connectivity index (χ0n) is 5.60. The summed E-state index contributed by atoms with van der Waals surface area (Å²) in [4.78, 5) is 13.6. The van der Waals surface area contributed by atoms with Crippen LogP contribution in [0.3, 0.4) is 0 Å². The summed E-state index contributed by atoms with van der Waals surface area (Å²) < 4.78 is 0. The van der Waals surface area contributed by atoms with E-state index in [2.05, 4.69) is 10.7 Å². The van der Waals surface area contributed by atoms with E-state index in [9.17, 15) is 4.79 Å². The third-order valence-corrected chi connectivity index (χ3v) is 0.420. The van der Waals surface area contributed by atoms with Crippen LogP contribution in [0, 0.1) is 0 Å². The fourth-order valence-corrected chi connectivity index (χ4v) is 0.0833. The number of hydrogen-bond acceptors (Lipinski definition) is 3. The SMILES string of the molecule is CCC(=O)ON.[H-].[Na+]. The number of rotatable bonds is 1. The van der Waals surface area contributed by atoms with Crippen LogP contribution in [0.2, 0.25) is 0 Å². The molecule has 7 heavy (non-hydrogen) atoms. The van der Waals surface area contributed by atoms with Gasteiger partial charge in [0.05, 0.1) is 0 Å². The molecule has 0 aromatic carbocycles. The average molecular weight is 113 g/mol. The molecule has 0 aromatic rings. The molecule has 2 N–H and O–H groups in total. The van der Waals surface area contributed by atoms with Crippen LogP contribution >= 0.6 is 0 Å². The van der Waals surface area contributed by atoms with Gasteiger partial charge >= 0.3 is 35.5 Å². The second kappa shape index (κ2) is 6.43. The van der Waals surface area contributed by atoms with E-state index in [1.807, 2.05) is 0 Å². The van der Waals surface area contributed by atoms with Crippen LogP contribution in [0.4, 0.5) is 0 Å². The van der Waals surface area contributed by atoms with Gasteiger partial charge in [0.25, 0.3) is 0 Å². The smallest absolute Gasteiger partial charge is 1.00 e. The first-order valence-electron chi connectivity index (χ1n) is 1.70. The fraction of sp³-hybridized carbons (Fsp3) is 0.667. The van der Waals surface area contributed by atoms with Crippen molar-refractivity contribution in [2.24, 2.45) is 5.90 Å². The van der Waals surface area contributed by atoms with Crippen molar-refractivity contribution in [1.82, 2.24) is 0 Å². The zero-order chi connectivity index (χ0) is 4.99. The van der Waals surface area contributed by atoms with Crippen LogP contribution in [0.1, 0.15) is 14.8 Å². The quantitative estimate of drug-likeness (QED) is 0.290. The van der Waals surface area contributed by atoms with E-state index in [1.165, 1.54) is 0 Å². The molecule has 0 aliphatic carbocycles. The Kier molecular flexibility index (Phi) is 9.57. The van der Waals surface area contributed by atoms with Gasteiger partial charge in [-0.05, 0) is 0 Å². The molecular formula is C3H8NNaO2. The average Bonchev–Trinajstić information content (AvgIpc) is 1.65. The summed E-state index contributed by atoms with van der Waals surface area (Å²) in [6, 6.07) is 0. The van der Waals surface area contributed by atoms with Crippen LogP contribution in [0.5, 0.6) is 0 Å². The van der Waals surface area contributed by atoms with Crippen molar-refractivity contribution in [3.8, 4) is 0 Å². The Morgan fingerprint density at radius 1 is 2.00 bits per heavy atom. The molecule has 0 spiro atoms. The van der Waals surface area contributed by atoms with Gasteiger partial charge in [-0.1, -0.05) is 6.92 Å². The monoisotopic (exact) mass is 113 g/mol. The summed E-state index contributed by atoms with van der Waals surface area (Å²) >= 11 is 0. The molecule has 38 valence electrons. The molecule has 0 atom stereocenters. The maximum Gasteiger partial charge on any atom is 1.00 e. The molecule has 4 heteroatoms. The summed E-state index contributed by atoms with van der Waals surface area (Å²) in [5, 5.41) is 0. The standard InChI is InChI=1S/C3H7NO2.Na.H/c1-2-3(5)6-4;;/h2,4H2,1H3;;/q;+1;-1. The van der Waals surface area contributed by atoms with Gasteiger partial charge in [0, 0.05) is 6.42 Å². The van der Waals surface area contributed by atoms with Crippen LogP contribution < -0.4 is 35.5 Å². The van der Waals surface area contributed by atoms with Crippen LogP contribution in [0.25, 0.3) is 0 Å². The Hall–Kier alpha value is 0.430. The Labute approximate surface area is 65.9 Å². The van der Waals surface area contributed by atoms with E-state index < -0.39 is 0 Å². The van der Waals surface area contributed by atoms with Crippen molar-refractivity contribution in [2.75, 3.05) is 0 Å². The summed E-state index contributed by atoms with van der Waals surface area (Å²) in [6.45, 7) is 1.68. The number of carbonyl (C=O) groups excluding carboxylic acids is 1. The number of hydrogen-bond donors (Lipinski definition) is 1. The molecule has 0 saturated carbocycles. The van der Waals surface area contributed by atoms with Gasteiger partial charge < -0.3 is 6.26 Å². The molecule has 0 unspecified atom stereocenters. The molecule has 0 saturated heterocycles. The first-order valence-corrected chi connectivity index (χ1v) is 1.70. The molecular weight excluding hydrogens is 105 g/mol. The maximum absolute atomic E-state index is 9.83. The van der Waals surface area contributed by atoms with E-state index in [-0.39, 0.29) is 37.0 Å². The molecule has 0 amide bonds. The molecule has 0 aliphatic rings. The van der Waals surface area contributed by atoms with Crippen LogP contribution in [0.15, 0.2) is 0 Å². The Bertz CT molecular complexity index is 55.2. The van der Waals surface area contributed by atoms with Crippen molar-refractivity contribution in [2.45, 2.75) is 13.3 Å². The second-order valence-corrected chi connectivity index (χ2v) is 0.843. The van der Waals surface area contributed by atoms with E-state index >= 15 is 0 Å². The van der Waals surface area contributed by atoms with Gasteiger partial charge in [-0.3, -0.25) is 4.79 Å². The van der Waals surface area contributed by atoms with Crippen molar-refractivity contribution in [1.29, 1.82) is 0 Å². The first-order chi connectivity index (χ1) is 2.81. The second-order valence-electron chi connectivity index (χ2n) is 0.843. The van der Waals surface area contributed by atoms with Crippen LogP contribution in [-0.4, -0.2) is 5.97 Å². The van der Waals surface area contributed by atoms with Gasteiger partial charge in [0.1, 0.15) is 0 Å².